The number of aryl methyl sites for hydroxylation is 1. The number of aliphatic hydroxyl groups is 1. The van der Waals surface area contributed by atoms with Gasteiger partial charge >= 0.3 is 0 Å². The van der Waals surface area contributed by atoms with Crippen molar-refractivity contribution < 1.29 is 9.84 Å². The van der Waals surface area contributed by atoms with E-state index in [1.54, 1.807) is 7.11 Å². The molecule has 0 saturated heterocycles. The Bertz CT molecular complexity index is 350. The summed E-state index contributed by atoms with van der Waals surface area (Å²) < 4.78 is 6.39. The van der Waals surface area contributed by atoms with Gasteiger partial charge in [-0.3, -0.25) is 0 Å². The summed E-state index contributed by atoms with van der Waals surface area (Å²) in [4.78, 5) is 0. The van der Waals surface area contributed by atoms with Crippen molar-refractivity contribution in [2.45, 2.75) is 39.2 Å². The molecule has 0 aliphatic heterocycles. The topological polar surface area (TPSA) is 29.5 Å². The standard InChI is InChI=1S/C14H21BrO2/c1-10(2)13(16)6-4-5-11-9-12(15)7-8-14(11)17-3/h7-10,13,16H,4-6H2,1-3H3. The highest BCUT2D eigenvalue weighted by Crippen LogP contribution is 2.25. The zero-order valence-corrected chi connectivity index (χ0v) is 12.3. The summed E-state index contributed by atoms with van der Waals surface area (Å²) >= 11 is 3.46. The Morgan fingerprint density at radius 3 is 2.65 bits per heavy atom. The molecule has 0 aliphatic rings. The maximum absolute atomic E-state index is 9.75. The van der Waals surface area contributed by atoms with Crippen LogP contribution < -0.4 is 4.74 Å². The Morgan fingerprint density at radius 2 is 2.06 bits per heavy atom. The summed E-state index contributed by atoms with van der Waals surface area (Å²) in [6, 6.07) is 6.03. The minimum atomic E-state index is -0.201. The first-order chi connectivity index (χ1) is 8.04. The number of hydrogen-bond acceptors (Lipinski definition) is 2. The van der Waals surface area contributed by atoms with Crippen LogP contribution in [0.4, 0.5) is 0 Å². The molecule has 0 heterocycles. The fourth-order valence-corrected chi connectivity index (χ4v) is 2.19. The smallest absolute Gasteiger partial charge is 0.122 e. The van der Waals surface area contributed by atoms with E-state index in [0.29, 0.717) is 5.92 Å². The van der Waals surface area contributed by atoms with E-state index in [9.17, 15) is 5.11 Å². The van der Waals surface area contributed by atoms with Gasteiger partial charge in [-0.1, -0.05) is 29.8 Å². The quantitative estimate of drug-likeness (QED) is 0.866. The molecule has 1 aromatic carbocycles. The van der Waals surface area contributed by atoms with Gasteiger partial charge in [0.05, 0.1) is 13.2 Å². The van der Waals surface area contributed by atoms with E-state index in [1.165, 1.54) is 5.56 Å². The molecule has 96 valence electrons. The van der Waals surface area contributed by atoms with Gasteiger partial charge in [-0.2, -0.15) is 0 Å². The van der Waals surface area contributed by atoms with Crippen LogP contribution in [0.3, 0.4) is 0 Å². The van der Waals surface area contributed by atoms with Crippen molar-refractivity contribution in [1.82, 2.24) is 0 Å². The van der Waals surface area contributed by atoms with Crippen molar-refractivity contribution >= 4 is 15.9 Å². The molecular formula is C14H21BrO2. The molecule has 3 heteroatoms. The van der Waals surface area contributed by atoms with Crippen LogP contribution in [0.5, 0.6) is 5.75 Å². The monoisotopic (exact) mass is 300 g/mol. The van der Waals surface area contributed by atoms with E-state index in [-0.39, 0.29) is 6.10 Å². The Labute approximate surface area is 112 Å². The van der Waals surface area contributed by atoms with E-state index in [1.807, 2.05) is 26.0 Å². The van der Waals surface area contributed by atoms with Gasteiger partial charge in [-0.25, -0.2) is 0 Å². The zero-order valence-electron chi connectivity index (χ0n) is 10.7. The molecule has 1 N–H and O–H groups in total. The van der Waals surface area contributed by atoms with Crippen LogP contribution in [-0.2, 0) is 6.42 Å². The Morgan fingerprint density at radius 1 is 1.35 bits per heavy atom. The van der Waals surface area contributed by atoms with Gasteiger partial charge in [-0.15, -0.1) is 0 Å². The third-order valence-electron chi connectivity index (χ3n) is 2.96. The first kappa shape index (κ1) is 14.5. The average molecular weight is 301 g/mol. The number of benzene rings is 1. The predicted molar refractivity (Wildman–Crippen MR) is 74.5 cm³/mol. The second-order valence-corrected chi connectivity index (χ2v) is 5.58. The van der Waals surface area contributed by atoms with Crippen molar-refractivity contribution in [3.63, 3.8) is 0 Å². The van der Waals surface area contributed by atoms with Crippen molar-refractivity contribution in [3.05, 3.63) is 28.2 Å². The fourth-order valence-electron chi connectivity index (χ4n) is 1.78. The second kappa shape index (κ2) is 7.02. The summed E-state index contributed by atoms with van der Waals surface area (Å²) in [5.74, 6) is 1.26. The van der Waals surface area contributed by atoms with Crippen molar-refractivity contribution in [1.29, 1.82) is 0 Å². The van der Waals surface area contributed by atoms with Crippen LogP contribution in [0.2, 0.25) is 0 Å². The summed E-state index contributed by atoms with van der Waals surface area (Å²) in [5, 5.41) is 9.75. The Balaban J connectivity index is 2.53. The molecule has 0 aliphatic carbocycles. The number of ether oxygens (including phenoxy) is 1. The normalized spacial score (nSPS) is 12.8. The van der Waals surface area contributed by atoms with Crippen molar-refractivity contribution in [3.8, 4) is 5.75 Å². The lowest BCUT2D eigenvalue weighted by Crippen LogP contribution is -2.14. The summed E-state index contributed by atoms with van der Waals surface area (Å²) in [5.41, 5.74) is 1.19. The van der Waals surface area contributed by atoms with Crippen LogP contribution in [0.15, 0.2) is 22.7 Å². The Kier molecular flexibility index (Phi) is 6.00. The highest BCUT2D eigenvalue weighted by atomic mass is 79.9. The first-order valence-corrected chi connectivity index (χ1v) is 6.84. The number of aliphatic hydroxyl groups excluding tert-OH is 1. The van der Waals surface area contributed by atoms with Crippen molar-refractivity contribution in [2.75, 3.05) is 7.11 Å². The lowest BCUT2D eigenvalue weighted by Gasteiger charge is -2.14. The molecule has 0 fully saturated rings. The molecule has 0 saturated carbocycles. The van der Waals surface area contributed by atoms with Gasteiger partial charge in [0.1, 0.15) is 5.75 Å². The number of rotatable bonds is 6. The van der Waals surface area contributed by atoms with Gasteiger partial charge < -0.3 is 9.84 Å². The minimum Gasteiger partial charge on any atom is -0.496 e. The molecule has 0 amide bonds. The lowest BCUT2D eigenvalue weighted by molar-refractivity contribution is 0.114. The van der Waals surface area contributed by atoms with E-state index < -0.39 is 0 Å². The average Bonchev–Trinajstić information content (AvgIpc) is 2.29. The van der Waals surface area contributed by atoms with Crippen LogP contribution in [-0.4, -0.2) is 18.3 Å². The van der Waals surface area contributed by atoms with Crippen LogP contribution in [0, 0.1) is 5.92 Å². The lowest BCUT2D eigenvalue weighted by atomic mass is 9.99. The predicted octanol–water partition coefficient (Wildman–Crippen LogP) is 3.80. The van der Waals surface area contributed by atoms with E-state index >= 15 is 0 Å². The largest absolute Gasteiger partial charge is 0.496 e. The summed E-state index contributed by atoms with van der Waals surface area (Å²) in [7, 11) is 1.69. The van der Waals surface area contributed by atoms with Crippen molar-refractivity contribution in [2.24, 2.45) is 5.92 Å². The highest BCUT2D eigenvalue weighted by Gasteiger charge is 2.10. The Hall–Kier alpha value is -0.540. The highest BCUT2D eigenvalue weighted by molar-refractivity contribution is 9.10. The number of halogens is 1. The van der Waals surface area contributed by atoms with Gasteiger partial charge in [0, 0.05) is 4.47 Å². The van der Waals surface area contributed by atoms with Crippen LogP contribution >= 0.6 is 15.9 Å². The minimum absolute atomic E-state index is 0.201. The van der Waals surface area contributed by atoms with Gasteiger partial charge in [0.2, 0.25) is 0 Å². The van der Waals surface area contributed by atoms with E-state index in [2.05, 4.69) is 22.0 Å². The molecule has 2 nitrogen and oxygen atoms in total. The maximum atomic E-state index is 9.75. The van der Waals surface area contributed by atoms with Gasteiger partial charge in [0.25, 0.3) is 0 Å². The second-order valence-electron chi connectivity index (χ2n) is 4.66. The number of hydrogen-bond donors (Lipinski definition) is 1. The molecule has 1 atom stereocenters. The summed E-state index contributed by atoms with van der Waals surface area (Å²) in [6.45, 7) is 4.09. The fraction of sp³-hybridized carbons (Fsp3) is 0.571. The molecule has 0 bridgehead atoms. The molecular weight excluding hydrogens is 280 g/mol. The molecule has 1 rings (SSSR count). The summed E-state index contributed by atoms with van der Waals surface area (Å²) in [6.07, 6.45) is 2.56. The first-order valence-electron chi connectivity index (χ1n) is 6.05. The molecule has 17 heavy (non-hydrogen) atoms. The van der Waals surface area contributed by atoms with Gasteiger partial charge in [0.15, 0.2) is 0 Å². The third kappa shape index (κ3) is 4.68. The molecule has 0 radical (unpaired) electrons. The van der Waals surface area contributed by atoms with Gasteiger partial charge in [-0.05, 0) is 48.9 Å². The SMILES string of the molecule is COc1ccc(Br)cc1CCCC(O)C(C)C. The molecule has 0 spiro atoms. The molecule has 1 aromatic rings. The van der Waals surface area contributed by atoms with E-state index in [0.717, 1.165) is 29.5 Å². The van der Waals surface area contributed by atoms with E-state index in [4.69, 9.17) is 4.74 Å². The number of methoxy groups -OCH3 is 1. The van der Waals surface area contributed by atoms with Crippen LogP contribution in [0.1, 0.15) is 32.3 Å². The molecule has 0 aromatic heterocycles. The maximum Gasteiger partial charge on any atom is 0.122 e. The zero-order chi connectivity index (χ0) is 12.8. The third-order valence-corrected chi connectivity index (χ3v) is 3.45. The van der Waals surface area contributed by atoms with Crippen LogP contribution in [0.25, 0.3) is 0 Å². The molecule has 1 unspecified atom stereocenters.